The van der Waals surface area contributed by atoms with Crippen molar-refractivity contribution < 1.29 is 9.47 Å². The first-order valence-corrected chi connectivity index (χ1v) is 18.8. The van der Waals surface area contributed by atoms with Crippen molar-refractivity contribution in [2.75, 3.05) is 0 Å². The van der Waals surface area contributed by atoms with Crippen LogP contribution in [-0.4, -0.2) is 0 Å². The van der Waals surface area contributed by atoms with Gasteiger partial charge in [0.1, 0.15) is 35.0 Å². The SMILES string of the molecule is CCC(Cl)c1cccc(Oc2ccc(C3(c4ccc(OC(CC)(CC)c5cccc(Cl)c5C#N)cc4)c4ccccc4-c4ccccc43)cc2)c1C#N. The largest absolute Gasteiger partial charge is 0.483 e. The van der Waals surface area contributed by atoms with E-state index in [9.17, 15) is 10.5 Å². The summed E-state index contributed by atoms with van der Waals surface area (Å²) in [5.41, 5.74) is 7.99. The molecule has 1 atom stereocenters. The van der Waals surface area contributed by atoms with Crippen LogP contribution in [0.2, 0.25) is 5.02 Å². The van der Waals surface area contributed by atoms with Gasteiger partial charge in [-0.15, -0.1) is 11.6 Å². The number of rotatable bonds is 11. The lowest BCUT2D eigenvalue weighted by Gasteiger charge is -2.36. The Morgan fingerprint density at radius 3 is 1.74 bits per heavy atom. The third-order valence-electron chi connectivity index (χ3n) is 10.7. The average Bonchev–Trinajstić information content (AvgIpc) is 3.51. The van der Waals surface area contributed by atoms with Gasteiger partial charge < -0.3 is 9.47 Å². The predicted octanol–water partition coefficient (Wildman–Crippen LogP) is 13.0. The second-order valence-electron chi connectivity index (χ2n) is 13.3. The zero-order chi connectivity index (χ0) is 37.2. The van der Waals surface area contributed by atoms with Crippen LogP contribution in [0.3, 0.4) is 0 Å². The van der Waals surface area contributed by atoms with Crippen LogP contribution in [0.4, 0.5) is 0 Å². The summed E-state index contributed by atoms with van der Waals surface area (Å²) in [6.07, 6.45) is 2.02. The van der Waals surface area contributed by atoms with E-state index in [2.05, 4.69) is 98.8 Å². The highest BCUT2D eigenvalue weighted by Gasteiger charge is 2.46. The number of halogens is 2. The maximum Gasteiger partial charge on any atom is 0.145 e. The first kappa shape index (κ1) is 35.9. The Hall–Kier alpha value is -5.52. The number of hydrogen-bond donors (Lipinski definition) is 0. The molecule has 0 saturated carbocycles. The minimum Gasteiger partial charge on any atom is -0.483 e. The Kier molecular flexibility index (Phi) is 10.0. The van der Waals surface area contributed by atoms with E-state index < -0.39 is 11.0 Å². The molecule has 0 saturated heterocycles. The number of nitriles is 2. The van der Waals surface area contributed by atoms with Crippen LogP contribution < -0.4 is 9.47 Å². The molecule has 0 aromatic heterocycles. The summed E-state index contributed by atoms with van der Waals surface area (Å²) in [4.78, 5) is 0. The van der Waals surface area contributed by atoms with E-state index in [4.69, 9.17) is 32.7 Å². The maximum absolute atomic E-state index is 10.0. The van der Waals surface area contributed by atoms with E-state index in [1.165, 1.54) is 22.3 Å². The Balaban J connectivity index is 1.32. The van der Waals surface area contributed by atoms with Gasteiger partial charge in [-0.25, -0.2) is 0 Å². The van der Waals surface area contributed by atoms with Gasteiger partial charge in [0.2, 0.25) is 0 Å². The van der Waals surface area contributed by atoms with Crippen molar-refractivity contribution in [3.05, 3.63) is 183 Å². The lowest BCUT2D eigenvalue weighted by Crippen LogP contribution is -2.33. The van der Waals surface area contributed by atoms with Crippen LogP contribution in [0.5, 0.6) is 17.2 Å². The van der Waals surface area contributed by atoms with E-state index in [1.54, 1.807) is 6.07 Å². The molecule has 1 aliphatic rings. The van der Waals surface area contributed by atoms with Crippen LogP contribution in [0.1, 0.15) is 89.9 Å². The van der Waals surface area contributed by atoms with E-state index in [-0.39, 0.29) is 5.38 Å². The Labute approximate surface area is 321 Å². The number of nitrogens with zero attached hydrogens (tertiary/aromatic N) is 2. The third-order valence-corrected chi connectivity index (χ3v) is 11.6. The van der Waals surface area contributed by atoms with Crippen LogP contribution in [0.15, 0.2) is 133 Å². The smallest absolute Gasteiger partial charge is 0.145 e. The molecule has 0 amide bonds. The summed E-state index contributed by atoms with van der Waals surface area (Å²) >= 11 is 13.1. The molecule has 1 unspecified atom stereocenters. The molecule has 4 nitrogen and oxygen atoms in total. The lowest BCUT2D eigenvalue weighted by molar-refractivity contribution is 0.0570. The molecule has 1 aliphatic carbocycles. The van der Waals surface area contributed by atoms with Crippen LogP contribution >= 0.6 is 23.2 Å². The molecule has 6 heteroatoms. The number of fused-ring (bicyclic) bond motifs is 3. The van der Waals surface area contributed by atoms with Crippen molar-refractivity contribution in [2.45, 2.75) is 56.4 Å². The molecule has 7 rings (SSSR count). The number of benzene rings is 6. The standard InChI is InChI=1S/C47H38Cl2N2O2/c1-4-43(48)37-15-11-20-45(38(37)29-50)52-33-25-21-31(22-26-33)47(41-16-9-7-13-35(41)36-14-8-10-17-42(36)47)32-23-27-34(28-24-32)53-46(5-2,6-3)40-18-12-19-44(49)39(40)30-51/h7-28,43H,4-6H2,1-3H3. The average molecular weight is 734 g/mol. The number of alkyl halides is 1. The van der Waals surface area contributed by atoms with Crippen LogP contribution in [0.25, 0.3) is 11.1 Å². The molecule has 0 heterocycles. The zero-order valence-electron chi connectivity index (χ0n) is 29.9. The summed E-state index contributed by atoms with van der Waals surface area (Å²) in [5.74, 6) is 1.81. The minimum atomic E-state index is -0.732. The molecule has 0 radical (unpaired) electrons. The van der Waals surface area contributed by atoms with Crippen molar-refractivity contribution in [1.82, 2.24) is 0 Å². The predicted molar refractivity (Wildman–Crippen MR) is 213 cm³/mol. The fourth-order valence-corrected chi connectivity index (χ4v) is 8.40. The molecule has 0 bridgehead atoms. The second kappa shape index (κ2) is 14.8. The van der Waals surface area contributed by atoms with Crippen molar-refractivity contribution in [3.8, 4) is 40.5 Å². The summed E-state index contributed by atoms with van der Waals surface area (Å²) in [5, 5.41) is 20.2. The van der Waals surface area contributed by atoms with Gasteiger partial charge in [0.05, 0.1) is 26.9 Å². The quantitative estimate of drug-likeness (QED) is 0.124. The minimum absolute atomic E-state index is 0.276. The van der Waals surface area contributed by atoms with Gasteiger partial charge in [-0.3, -0.25) is 0 Å². The van der Waals surface area contributed by atoms with Gasteiger partial charge in [0, 0.05) is 5.56 Å². The Morgan fingerprint density at radius 1 is 0.642 bits per heavy atom. The first-order valence-electron chi connectivity index (χ1n) is 18.0. The summed E-state index contributed by atoms with van der Waals surface area (Å²) in [7, 11) is 0. The van der Waals surface area contributed by atoms with Gasteiger partial charge >= 0.3 is 0 Å². The van der Waals surface area contributed by atoms with E-state index in [0.717, 1.165) is 22.3 Å². The van der Waals surface area contributed by atoms with E-state index in [1.807, 2.05) is 61.5 Å². The highest BCUT2D eigenvalue weighted by molar-refractivity contribution is 6.31. The third kappa shape index (κ3) is 6.03. The molecular weight excluding hydrogens is 695 g/mol. The van der Waals surface area contributed by atoms with Crippen LogP contribution in [0, 0.1) is 22.7 Å². The molecule has 0 aliphatic heterocycles. The number of hydrogen-bond acceptors (Lipinski definition) is 4. The number of ether oxygens (including phenoxy) is 2. The van der Waals surface area contributed by atoms with Crippen molar-refractivity contribution >= 4 is 23.2 Å². The van der Waals surface area contributed by atoms with Crippen molar-refractivity contribution in [1.29, 1.82) is 10.5 Å². The molecule has 6 aromatic rings. The Bertz CT molecular complexity index is 2320. The van der Waals surface area contributed by atoms with Gasteiger partial charge in [-0.2, -0.15) is 10.5 Å². The second-order valence-corrected chi connectivity index (χ2v) is 14.2. The summed E-state index contributed by atoms with van der Waals surface area (Å²) < 4.78 is 13.2. The normalized spacial score (nSPS) is 13.3. The van der Waals surface area contributed by atoms with Crippen molar-refractivity contribution in [3.63, 3.8) is 0 Å². The molecule has 0 fully saturated rings. The zero-order valence-corrected chi connectivity index (χ0v) is 31.4. The molecule has 0 N–H and O–H groups in total. The molecule has 6 aromatic carbocycles. The summed E-state index contributed by atoms with van der Waals surface area (Å²) in [6.45, 7) is 6.15. The monoisotopic (exact) mass is 732 g/mol. The van der Waals surface area contributed by atoms with Gasteiger partial charge in [0.15, 0.2) is 0 Å². The highest BCUT2D eigenvalue weighted by atomic mass is 35.5. The van der Waals surface area contributed by atoms with E-state index in [0.29, 0.717) is 52.7 Å². The van der Waals surface area contributed by atoms with Gasteiger partial charge in [-0.05, 0) is 94.6 Å². The molecule has 262 valence electrons. The summed E-state index contributed by atoms with van der Waals surface area (Å²) in [6, 6.07) is 49.5. The molecule has 0 spiro atoms. The van der Waals surface area contributed by atoms with Crippen LogP contribution in [-0.2, 0) is 11.0 Å². The fourth-order valence-electron chi connectivity index (χ4n) is 8.00. The van der Waals surface area contributed by atoms with Gasteiger partial charge in [0.25, 0.3) is 0 Å². The van der Waals surface area contributed by atoms with Gasteiger partial charge in [-0.1, -0.05) is 129 Å². The van der Waals surface area contributed by atoms with Crippen molar-refractivity contribution in [2.24, 2.45) is 0 Å². The lowest BCUT2D eigenvalue weighted by atomic mass is 9.67. The molecule has 53 heavy (non-hydrogen) atoms. The highest BCUT2D eigenvalue weighted by Crippen LogP contribution is 2.56. The molecular formula is C47H38Cl2N2O2. The fraction of sp³-hybridized carbons (Fsp3) is 0.191. The van der Waals surface area contributed by atoms with E-state index >= 15 is 0 Å². The first-order chi connectivity index (χ1) is 25.8. The Morgan fingerprint density at radius 2 is 1.19 bits per heavy atom. The maximum atomic E-state index is 10.0. The topological polar surface area (TPSA) is 66.0 Å².